The van der Waals surface area contributed by atoms with Crippen LogP contribution in [0.3, 0.4) is 0 Å². The number of nitrogens with one attached hydrogen (secondary N) is 1. The fourth-order valence-electron chi connectivity index (χ4n) is 3.50. The van der Waals surface area contributed by atoms with Gasteiger partial charge in [0.2, 0.25) is 10.0 Å². The van der Waals surface area contributed by atoms with E-state index < -0.39 is 10.0 Å². The Labute approximate surface area is 170 Å². The van der Waals surface area contributed by atoms with E-state index in [-0.39, 0.29) is 11.7 Å². The number of hydrogen-bond donors (Lipinski definition) is 1. The fourth-order valence-corrected chi connectivity index (χ4v) is 4.74. The third-order valence-corrected chi connectivity index (χ3v) is 7.11. The first-order valence-electron chi connectivity index (χ1n) is 9.63. The lowest BCUT2D eigenvalue weighted by Gasteiger charge is -2.38. The summed E-state index contributed by atoms with van der Waals surface area (Å²) in [6, 6.07) is 15.8. The molecule has 0 amide bonds. The normalized spacial score (nSPS) is 15.2. The highest BCUT2D eigenvalue weighted by Crippen LogP contribution is 2.31. The largest absolute Gasteiger partial charge is 0.497 e. The van der Waals surface area contributed by atoms with Gasteiger partial charge in [-0.25, -0.2) is 12.7 Å². The van der Waals surface area contributed by atoms with Gasteiger partial charge in [0.1, 0.15) is 11.4 Å². The van der Waals surface area contributed by atoms with Gasteiger partial charge in [0.05, 0.1) is 12.9 Å². The van der Waals surface area contributed by atoms with E-state index in [2.05, 4.69) is 15.5 Å². The van der Waals surface area contributed by atoms with Gasteiger partial charge in [-0.2, -0.15) is 0 Å². The fraction of sp³-hybridized carbons (Fsp3) is 0.333. The highest BCUT2D eigenvalue weighted by atomic mass is 32.2. The second kappa shape index (κ2) is 7.96. The van der Waals surface area contributed by atoms with Crippen LogP contribution in [-0.4, -0.2) is 55.4 Å². The summed E-state index contributed by atoms with van der Waals surface area (Å²) in [5.41, 5.74) is 1.79. The number of ether oxygens (including phenoxy) is 1. The van der Waals surface area contributed by atoms with Crippen LogP contribution in [0.15, 0.2) is 48.5 Å². The van der Waals surface area contributed by atoms with E-state index in [1.807, 2.05) is 48.5 Å². The Bertz CT molecular complexity index is 1110. The number of sulfonamides is 1. The molecular weight excluding hydrogens is 388 g/mol. The van der Waals surface area contributed by atoms with Crippen molar-refractivity contribution in [2.75, 3.05) is 37.8 Å². The molecule has 1 fully saturated rings. The minimum absolute atomic E-state index is 0.149. The quantitative estimate of drug-likeness (QED) is 0.642. The minimum atomic E-state index is -3.08. The predicted octanol–water partition coefficient (Wildman–Crippen LogP) is 3.00. The number of rotatable bonds is 7. The summed E-state index contributed by atoms with van der Waals surface area (Å²) in [6.45, 7) is 3.44. The molecule has 1 N–H and O–H groups in total. The molecule has 29 heavy (non-hydrogen) atoms. The van der Waals surface area contributed by atoms with Crippen LogP contribution in [0.1, 0.15) is 6.92 Å². The molecule has 152 valence electrons. The number of anilines is 1. The lowest BCUT2D eigenvalue weighted by molar-refractivity contribution is 0.212. The van der Waals surface area contributed by atoms with Gasteiger partial charge >= 0.3 is 0 Å². The summed E-state index contributed by atoms with van der Waals surface area (Å²) in [5.74, 6) is 1.94. The maximum absolute atomic E-state index is 11.9. The Kier molecular flexibility index (Phi) is 5.38. The molecular formula is C21H24N4O3S. The number of hydrogen-bond acceptors (Lipinski definition) is 6. The van der Waals surface area contributed by atoms with Crippen molar-refractivity contribution in [1.82, 2.24) is 14.5 Å². The molecule has 3 aromatic rings. The van der Waals surface area contributed by atoms with Crippen molar-refractivity contribution in [2.24, 2.45) is 5.92 Å². The molecule has 0 atom stereocenters. The molecule has 8 heteroatoms. The molecule has 4 rings (SSSR count). The predicted molar refractivity (Wildman–Crippen MR) is 115 cm³/mol. The van der Waals surface area contributed by atoms with Crippen molar-refractivity contribution in [3.05, 3.63) is 48.5 Å². The lowest BCUT2D eigenvalue weighted by atomic mass is 10.0. The van der Waals surface area contributed by atoms with Gasteiger partial charge in [-0.05, 0) is 31.2 Å². The molecule has 0 bridgehead atoms. The zero-order valence-corrected chi connectivity index (χ0v) is 17.3. The van der Waals surface area contributed by atoms with E-state index in [9.17, 15) is 8.42 Å². The van der Waals surface area contributed by atoms with Crippen LogP contribution in [-0.2, 0) is 10.0 Å². The molecule has 7 nitrogen and oxygen atoms in total. The van der Waals surface area contributed by atoms with E-state index in [0.717, 1.165) is 33.6 Å². The number of methoxy groups -OCH3 is 1. The van der Waals surface area contributed by atoms with Gasteiger partial charge in [-0.15, -0.1) is 10.2 Å². The van der Waals surface area contributed by atoms with E-state index in [4.69, 9.17) is 4.74 Å². The standard InChI is InChI=1S/C21H24N4O3S/c1-3-29(26,27)25-13-15(14-25)12-22-21-19-7-5-4-6-18(19)20(23-24-21)16-8-10-17(28-2)11-9-16/h4-11,15H,3,12-14H2,1-2H3,(H,22,24). The van der Waals surface area contributed by atoms with Crippen molar-refractivity contribution < 1.29 is 13.2 Å². The highest BCUT2D eigenvalue weighted by Gasteiger charge is 2.34. The second-order valence-electron chi connectivity index (χ2n) is 7.14. The number of benzene rings is 2. The molecule has 2 aromatic carbocycles. The van der Waals surface area contributed by atoms with Crippen LogP contribution in [0.2, 0.25) is 0 Å². The highest BCUT2D eigenvalue weighted by molar-refractivity contribution is 7.89. The van der Waals surface area contributed by atoms with Crippen LogP contribution in [0, 0.1) is 5.92 Å². The van der Waals surface area contributed by atoms with Gasteiger partial charge in [0.15, 0.2) is 5.82 Å². The molecule has 0 unspecified atom stereocenters. The Morgan fingerprint density at radius 2 is 1.76 bits per heavy atom. The summed E-state index contributed by atoms with van der Waals surface area (Å²) in [7, 11) is -1.44. The first kappa shape index (κ1) is 19.6. The summed E-state index contributed by atoms with van der Waals surface area (Å²) in [6.07, 6.45) is 0. The Balaban J connectivity index is 1.53. The molecule has 0 aliphatic carbocycles. The minimum Gasteiger partial charge on any atom is -0.497 e. The van der Waals surface area contributed by atoms with Gasteiger partial charge in [-0.3, -0.25) is 0 Å². The van der Waals surface area contributed by atoms with Crippen LogP contribution < -0.4 is 10.1 Å². The molecule has 1 saturated heterocycles. The van der Waals surface area contributed by atoms with E-state index in [0.29, 0.717) is 19.6 Å². The first-order chi connectivity index (χ1) is 14.0. The maximum atomic E-state index is 11.9. The van der Waals surface area contributed by atoms with Crippen molar-refractivity contribution in [1.29, 1.82) is 0 Å². The smallest absolute Gasteiger partial charge is 0.213 e. The summed E-state index contributed by atoms with van der Waals surface area (Å²) in [4.78, 5) is 0. The second-order valence-corrected chi connectivity index (χ2v) is 9.39. The molecule has 2 heterocycles. The summed E-state index contributed by atoms with van der Waals surface area (Å²) in [5, 5.41) is 14.2. The zero-order chi connectivity index (χ0) is 20.4. The van der Waals surface area contributed by atoms with Crippen LogP contribution in [0.5, 0.6) is 5.75 Å². The van der Waals surface area contributed by atoms with Crippen LogP contribution in [0.25, 0.3) is 22.0 Å². The van der Waals surface area contributed by atoms with Crippen molar-refractivity contribution in [2.45, 2.75) is 6.92 Å². The first-order valence-corrected chi connectivity index (χ1v) is 11.2. The van der Waals surface area contributed by atoms with Crippen molar-refractivity contribution >= 4 is 26.6 Å². The lowest BCUT2D eigenvalue weighted by Crippen LogP contribution is -2.52. The van der Waals surface area contributed by atoms with E-state index in [1.54, 1.807) is 14.0 Å². The SMILES string of the molecule is CCS(=O)(=O)N1CC(CNc2nnc(-c3ccc(OC)cc3)c3ccccc23)C1. The average Bonchev–Trinajstić information content (AvgIpc) is 2.72. The van der Waals surface area contributed by atoms with Crippen molar-refractivity contribution in [3.63, 3.8) is 0 Å². The average molecular weight is 413 g/mol. The Hall–Kier alpha value is -2.71. The maximum Gasteiger partial charge on any atom is 0.213 e. The molecule has 0 radical (unpaired) electrons. The van der Waals surface area contributed by atoms with Gasteiger partial charge in [-0.1, -0.05) is 24.3 Å². The number of fused-ring (bicyclic) bond motifs is 1. The van der Waals surface area contributed by atoms with Gasteiger partial charge in [0.25, 0.3) is 0 Å². The summed E-state index contributed by atoms with van der Waals surface area (Å²) < 4.78 is 30.5. The van der Waals surface area contributed by atoms with E-state index >= 15 is 0 Å². The summed E-state index contributed by atoms with van der Waals surface area (Å²) >= 11 is 0. The van der Waals surface area contributed by atoms with Crippen LogP contribution >= 0.6 is 0 Å². The zero-order valence-electron chi connectivity index (χ0n) is 16.5. The topological polar surface area (TPSA) is 84.4 Å². The van der Waals surface area contributed by atoms with Crippen LogP contribution in [0.4, 0.5) is 5.82 Å². The van der Waals surface area contributed by atoms with Gasteiger partial charge < -0.3 is 10.1 Å². The molecule has 0 saturated carbocycles. The van der Waals surface area contributed by atoms with Gasteiger partial charge in [0, 0.05) is 41.9 Å². The van der Waals surface area contributed by atoms with E-state index in [1.165, 1.54) is 4.31 Å². The monoisotopic (exact) mass is 412 g/mol. The molecule has 0 spiro atoms. The number of nitrogens with zero attached hydrogens (tertiary/aromatic N) is 3. The third kappa shape index (κ3) is 3.90. The third-order valence-electron chi connectivity index (χ3n) is 5.29. The number of aromatic nitrogens is 2. The molecule has 1 aliphatic heterocycles. The Morgan fingerprint density at radius 1 is 1.07 bits per heavy atom. The Morgan fingerprint density at radius 3 is 2.41 bits per heavy atom. The van der Waals surface area contributed by atoms with Crippen molar-refractivity contribution in [3.8, 4) is 17.0 Å². The molecule has 1 aromatic heterocycles. The molecule has 1 aliphatic rings.